The first-order valence-electron chi connectivity index (χ1n) is 7.18. The van der Waals surface area contributed by atoms with Crippen molar-refractivity contribution >= 4 is 33.4 Å². The number of benzene rings is 2. The highest BCUT2D eigenvalue weighted by Crippen LogP contribution is 2.22. The molecule has 2 amide bonds. The third kappa shape index (κ3) is 3.42. The summed E-state index contributed by atoms with van der Waals surface area (Å²) >= 11 is 3.32. The van der Waals surface area contributed by atoms with Gasteiger partial charge in [-0.05, 0) is 48.9 Å². The van der Waals surface area contributed by atoms with E-state index in [9.17, 15) is 14.0 Å². The molecule has 1 aliphatic rings. The lowest BCUT2D eigenvalue weighted by Gasteiger charge is -2.17. The smallest absolute Gasteiger partial charge is 0.251 e. The van der Waals surface area contributed by atoms with Crippen LogP contribution in [0.5, 0.6) is 0 Å². The van der Waals surface area contributed by atoms with Gasteiger partial charge in [-0.25, -0.2) is 4.39 Å². The number of carbonyl (C=O) groups excluding carboxylic acids is 2. The van der Waals surface area contributed by atoms with E-state index in [0.29, 0.717) is 24.2 Å². The number of hydrogen-bond donors (Lipinski definition) is 1. The highest BCUT2D eigenvalue weighted by molar-refractivity contribution is 9.10. The van der Waals surface area contributed by atoms with Crippen LogP contribution in [0.15, 0.2) is 53.0 Å². The molecule has 118 valence electrons. The second-order valence-electron chi connectivity index (χ2n) is 5.29. The third-order valence-electron chi connectivity index (χ3n) is 3.74. The Morgan fingerprint density at radius 2 is 1.96 bits per heavy atom. The molecule has 6 heteroatoms. The molecule has 4 nitrogen and oxygen atoms in total. The van der Waals surface area contributed by atoms with E-state index in [1.807, 2.05) is 6.07 Å². The van der Waals surface area contributed by atoms with Crippen molar-refractivity contribution in [1.82, 2.24) is 5.32 Å². The van der Waals surface area contributed by atoms with E-state index in [0.717, 1.165) is 4.47 Å². The summed E-state index contributed by atoms with van der Waals surface area (Å²) < 4.78 is 13.8. The average molecular weight is 377 g/mol. The van der Waals surface area contributed by atoms with Gasteiger partial charge in [-0.2, -0.15) is 0 Å². The molecule has 1 N–H and O–H groups in total. The van der Waals surface area contributed by atoms with E-state index in [1.54, 1.807) is 35.2 Å². The summed E-state index contributed by atoms with van der Waals surface area (Å²) in [4.78, 5) is 26.2. The van der Waals surface area contributed by atoms with Crippen molar-refractivity contribution in [3.05, 3.63) is 64.4 Å². The zero-order valence-electron chi connectivity index (χ0n) is 12.1. The Hall–Kier alpha value is -2.21. The van der Waals surface area contributed by atoms with Crippen LogP contribution >= 0.6 is 15.9 Å². The van der Waals surface area contributed by atoms with Crippen molar-refractivity contribution in [1.29, 1.82) is 0 Å². The number of amides is 2. The molecule has 1 fully saturated rings. The molecule has 3 rings (SSSR count). The van der Waals surface area contributed by atoms with Gasteiger partial charge in [0.2, 0.25) is 5.91 Å². The van der Waals surface area contributed by atoms with Crippen LogP contribution in [0.1, 0.15) is 16.8 Å². The van der Waals surface area contributed by atoms with Gasteiger partial charge in [-0.1, -0.05) is 22.0 Å². The number of halogens is 2. The molecule has 0 bridgehead atoms. The summed E-state index contributed by atoms with van der Waals surface area (Å²) in [5.74, 6) is -0.814. The molecule has 0 radical (unpaired) electrons. The average Bonchev–Trinajstić information content (AvgIpc) is 2.89. The number of nitrogens with zero attached hydrogens (tertiary/aromatic N) is 1. The number of hydrogen-bond acceptors (Lipinski definition) is 2. The van der Waals surface area contributed by atoms with Gasteiger partial charge in [-0.15, -0.1) is 0 Å². The van der Waals surface area contributed by atoms with Crippen LogP contribution in [0.4, 0.5) is 10.1 Å². The van der Waals surface area contributed by atoms with E-state index < -0.39 is 6.04 Å². The van der Waals surface area contributed by atoms with Crippen molar-refractivity contribution in [2.45, 2.75) is 12.5 Å². The lowest BCUT2D eigenvalue weighted by molar-refractivity contribution is -0.118. The number of anilines is 1. The van der Waals surface area contributed by atoms with Gasteiger partial charge < -0.3 is 10.2 Å². The molecule has 2 aromatic rings. The van der Waals surface area contributed by atoms with Crippen LogP contribution in [0.3, 0.4) is 0 Å². The Labute approximate surface area is 141 Å². The lowest BCUT2D eigenvalue weighted by atomic mass is 10.2. The van der Waals surface area contributed by atoms with E-state index in [-0.39, 0.29) is 17.6 Å². The summed E-state index contributed by atoms with van der Waals surface area (Å²) in [5.41, 5.74) is 1.13. The zero-order valence-corrected chi connectivity index (χ0v) is 13.7. The SMILES string of the molecule is O=C(N[C@H]1CCN(c2ccc(F)cc2)C1=O)c1cccc(Br)c1. The van der Waals surface area contributed by atoms with E-state index in [1.165, 1.54) is 12.1 Å². The van der Waals surface area contributed by atoms with Gasteiger partial charge >= 0.3 is 0 Å². The molecule has 0 aromatic heterocycles. The number of nitrogens with one attached hydrogen (secondary N) is 1. The monoisotopic (exact) mass is 376 g/mol. The predicted molar refractivity (Wildman–Crippen MR) is 88.8 cm³/mol. The molecule has 2 aromatic carbocycles. The summed E-state index contributed by atoms with van der Waals surface area (Å²) in [6.07, 6.45) is 0.524. The van der Waals surface area contributed by atoms with Crippen molar-refractivity contribution in [3.63, 3.8) is 0 Å². The molecule has 1 aliphatic heterocycles. The first-order chi connectivity index (χ1) is 11.0. The lowest BCUT2D eigenvalue weighted by Crippen LogP contribution is -2.41. The van der Waals surface area contributed by atoms with Gasteiger partial charge in [0.25, 0.3) is 5.91 Å². The van der Waals surface area contributed by atoms with Crippen LogP contribution < -0.4 is 10.2 Å². The van der Waals surface area contributed by atoms with Gasteiger partial charge in [0.15, 0.2) is 0 Å². The highest BCUT2D eigenvalue weighted by Gasteiger charge is 2.33. The maximum absolute atomic E-state index is 13.0. The molecule has 0 spiro atoms. The standard InChI is InChI=1S/C17H14BrFN2O2/c18-12-3-1-2-11(10-12)16(22)20-15-8-9-21(17(15)23)14-6-4-13(19)5-7-14/h1-7,10,15H,8-9H2,(H,20,22)/t15-/m0/s1. The van der Waals surface area contributed by atoms with Crippen molar-refractivity contribution in [3.8, 4) is 0 Å². The summed E-state index contributed by atoms with van der Waals surface area (Å²) in [7, 11) is 0. The third-order valence-corrected chi connectivity index (χ3v) is 4.23. The largest absolute Gasteiger partial charge is 0.340 e. The Kier molecular flexibility index (Phi) is 4.43. The topological polar surface area (TPSA) is 49.4 Å². The maximum atomic E-state index is 13.0. The Morgan fingerprint density at radius 1 is 1.22 bits per heavy atom. The fourth-order valence-corrected chi connectivity index (χ4v) is 2.96. The van der Waals surface area contributed by atoms with Crippen molar-refractivity contribution in [2.75, 3.05) is 11.4 Å². The molecule has 1 saturated heterocycles. The quantitative estimate of drug-likeness (QED) is 0.894. The second-order valence-corrected chi connectivity index (χ2v) is 6.21. The molecular formula is C17H14BrFN2O2. The number of carbonyl (C=O) groups is 2. The van der Waals surface area contributed by atoms with E-state index in [4.69, 9.17) is 0 Å². The van der Waals surface area contributed by atoms with E-state index in [2.05, 4.69) is 21.2 Å². The van der Waals surface area contributed by atoms with Crippen LogP contribution in [0.25, 0.3) is 0 Å². The number of rotatable bonds is 3. The van der Waals surface area contributed by atoms with Gasteiger partial charge in [0, 0.05) is 22.3 Å². The molecule has 0 aliphatic carbocycles. The molecular weight excluding hydrogens is 363 g/mol. The zero-order chi connectivity index (χ0) is 16.4. The fourth-order valence-electron chi connectivity index (χ4n) is 2.56. The Bertz CT molecular complexity index is 749. The van der Waals surface area contributed by atoms with Gasteiger partial charge in [0.05, 0.1) is 0 Å². The highest BCUT2D eigenvalue weighted by atomic mass is 79.9. The molecule has 0 unspecified atom stereocenters. The predicted octanol–water partition coefficient (Wildman–Crippen LogP) is 3.12. The summed E-state index contributed by atoms with van der Waals surface area (Å²) in [6.45, 7) is 0.494. The maximum Gasteiger partial charge on any atom is 0.251 e. The first kappa shape index (κ1) is 15.7. The van der Waals surface area contributed by atoms with Crippen LogP contribution in [-0.2, 0) is 4.79 Å². The minimum absolute atomic E-state index is 0.181. The van der Waals surface area contributed by atoms with Crippen molar-refractivity contribution in [2.24, 2.45) is 0 Å². The van der Waals surface area contributed by atoms with Crippen LogP contribution in [0.2, 0.25) is 0 Å². The normalized spacial score (nSPS) is 17.4. The van der Waals surface area contributed by atoms with Crippen molar-refractivity contribution < 1.29 is 14.0 Å². The molecule has 23 heavy (non-hydrogen) atoms. The first-order valence-corrected chi connectivity index (χ1v) is 7.97. The van der Waals surface area contributed by atoms with Crippen LogP contribution in [-0.4, -0.2) is 24.4 Å². The van der Waals surface area contributed by atoms with Gasteiger partial charge in [-0.3, -0.25) is 9.59 Å². The van der Waals surface area contributed by atoms with Gasteiger partial charge in [0.1, 0.15) is 11.9 Å². The minimum Gasteiger partial charge on any atom is -0.340 e. The molecule has 1 atom stereocenters. The molecule has 0 saturated carbocycles. The molecule has 1 heterocycles. The summed E-state index contributed by atoms with van der Waals surface area (Å²) in [5, 5.41) is 2.76. The Balaban J connectivity index is 1.69. The minimum atomic E-state index is -0.563. The van der Waals surface area contributed by atoms with E-state index >= 15 is 0 Å². The summed E-state index contributed by atoms with van der Waals surface area (Å²) in [6, 6.07) is 12.2. The Morgan fingerprint density at radius 3 is 2.65 bits per heavy atom. The van der Waals surface area contributed by atoms with Crippen LogP contribution in [0, 0.1) is 5.82 Å². The fraction of sp³-hybridized carbons (Fsp3) is 0.176. The second kappa shape index (κ2) is 6.50.